The fourth-order valence-electron chi connectivity index (χ4n) is 0.491. The van der Waals surface area contributed by atoms with Gasteiger partial charge in [0.15, 0.2) is 12.1 Å². The summed E-state index contributed by atoms with van der Waals surface area (Å²) in [7, 11) is 3.27. The Bertz CT molecular complexity index is 195. The smallest absolute Gasteiger partial charge is 0.185 e. The van der Waals surface area contributed by atoms with Crippen LogP contribution in [0, 0.1) is 0 Å². The Morgan fingerprint density at radius 3 is 2.50 bits per heavy atom. The van der Waals surface area contributed by atoms with Crippen LogP contribution in [0.4, 0.5) is 0 Å². The minimum atomic E-state index is 0.463. The molecule has 2 N–H and O–H groups in total. The predicted molar refractivity (Wildman–Crippen MR) is 38.7 cm³/mol. The quantitative estimate of drug-likeness (QED) is 0.551. The molecule has 1 rings (SSSR count). The van der Waals surface area contributed by atoms with Crippen LogP contribution in [-0.4, -0.2) is 22.9 Å². The fourth-order valence-corrected chi connectivity index (χ4v) is 0.491. The first-order valence-corrected chi connectivity index (χ1v) is 2.85. The highest BCUT2D eigenvalue weighted by molar-refractivity contribution is 5.68. The van der Waals surface area contributed by atoms with Gasteiger partial charge in [0, 0.05) is 19.4 Å². The molecule has 0 spiro atoms. The molecular weight excluding hydrogens is 130 g/mol. The highest BCUT2D eigenvalue weighted by Gasteiger charge is 1.91. The number of aldehydes is 1. The zero-order chi connectivity index (χ0) is 7.98. The number of nitrogens with zero attached hydrogens (tertiary/aromatic N) is 2. The lowest BCUT2D eigenvalue weighted by Gasteiger charge is -1.86. The van der Waals surface area contributed by atoms with Gasteiger partial charge in [0.05, 0.1) is 0 Å². The second kappa shape index (κ2) is 4.69. The van der Waals surface area contributed by atoms with E-state index in [0.29, 0.717) is 5.82 Å². The van der Waals surface area contributed by atoms with E-state index in [1.165, 1.54) is 7.05 Å². The number of hydrogen-bond donors (Lipinski definition) is 1. The highest BCUT2D eigenvalue weighted by atomic mass is 16.1. The summed E-state index contributed by atoms with van der Waals surface area (Å²) in [6.07, 6.45) is 4.04. The van der Waals surface area contributed by atoms with Gasteiger partial charge < -0.3 is 10.3 Å². The molecule has 0 aliphatic rings. The van der Waals surface area contributed by atoms with Crippen LogP contribution in [0.15, 0.2) is 12.4 Å². The van der Waals surface area contributed by atoms with E-state index < -0.39 is 0 Å². The SMILES string of the molecule is CN.Cn1ccnc1C=O. The topological polar surface area (TPSA) is 60.9 Å². The number of carbonyl (C=O) groups is 1. The van der Waals surface area contributed by atoms with Crippen molar-refractivity contribution in [3.8, 4) is 0 Å². The summed E-state index contributed by atoms with van der Waals surface area (Å²) in [6, 6.07) is 0. The van der Waals surface area contributed by atoms with Crippen LogP contribution in [0.5, 0.6) is 0 Å². The molecule has 4 heteroatoms. The molecule has 0 fully saturated rings. The average Bonchev–Trinajstić information content (AvgIpc) is 2.39. The summed E-state index contributed by atoms with van der Waals surface area (Å²) >= 11 is 0. The first-order chi connectivity index (χ1) is 4.84. The fraction of sp³-hybridized carbons (Fsp3) is 0.333. The molecule has 0 aromatic carbocycles. The molecule has 1 heterocycles. The van der Waals surface area contributed by atoms with E-state index in [1.807, 2.05) is 0 Å². The van der Waals surface area contributed by atoms with Crippen LogP contribution >= 0.6 is 0 Å². The Kier molecular flexibility index (Phi) is 4.15. The Balaban J connectivity index is 0.000000371. The molecule has 0 aliphatic carbocycles. The van der Waals surface area contributed by atoms with Gasteiger partial charge >= 0.3 is 0 Å². The average molecular weight is 141 g/mol. The van der Waals surface area contributed by atoms with Crippen LogP contribution in [-0.2, 0) is 7.05 Å². The molecule has 0 aliphatic heterocycles. The third-order valence-electron chi connectivity index (χ3n) is 0.964. The van der Waals surface area contributed by atoms with Gasteiger partial charge in [0.1, 0.15) is 0 Å². The first-order valence-electron chi connectivity index (χ1n) is 2.85. The van der Waals surface area contributed by atoms with Crippen LogP contribution < -0.4 is 5.73 Å². The van der Waals surface area contributed by atoms with E-state index >= 15 is 0 Å². The normalized spacial score (nSPS) is 7.90. The zero-order valence-electron chi connectivity index (χ0n) is 6.11. The van der Waals surface area contributed by atoms with Crippen LogP contribution in [0.1, 0.15) is 10.6 Å². The molecule has 1 aromatic heterocycles. The predicted octanol–water partition coefficient (Wildman–Crippen LogP) is -0.193. The van der Waals surface area contributed by atoms with Crippen molar-refractivity contribution >= 4 is 6.29 Å². The standard InChI is InChI=1S/C5H6N2O.CH5N/c1-7-3-2-6-5(7)4-8;1-2/h2-4H,1H3;2H2,1H3. The Hall–Kier alpha value is -1.16. The van der Waals surface area contributed by atoms with Crippen molar-refractivity contribution in [2.24, 2.45) is 12.8 Å². The number of hydrogen-bond acceptors (Lipinski definition) is 3. The van der Waals surface area contributed by atoms with Crippen molar-refractivity contribution in [3.63, 3.8) is 0 Å². The van der Waals surface area contributed by atoms with Gasteiger partial charge in [-0.25, -0.2) is 4.98 Å². The molecule has 0 radical (unpaired) electrons. The van der Waals surface area contributed by atoms with Crippen LogP contribution in [0.25, 0.3) is 0 Å². The maximum atomic E-state index is 10.0. The van der Waals surface area contributed by atoms with E-state index in [0.717, 1.165) is 6.29 Å². The molecule has 0 unspecified atom stereocenters. The summed E-state index contributed by atoms with van der Waals surface area (Å²) in [5.74, 6) is 0.463. The number of imidazole rings is 1. The summed E-state index contributed by atoms with van der Waals surface area (Å²) in [5.41, 5.74) is 4.50. The van der Waals surface area contributed by atoms with Crippen molar-refractivity contribution in [1.82, 2.24) is 9.55 Å². The molecule has 0 saturated heterocycles. The van der Waals surface area contributed by atoms with Crippen LogP contribution in [0.2, 0.25) is 0 Å². The maximum Gasteiger partial charge on any atom is 0.185 e. The third-order valence-corrected chi connectivity index (χ3v) is 0.964. The van der Waals surface area contributed by atoms with E-state index in [4.69, 9.17) is 0 Å². The largest absolute Gasteiger partial charge is 0.333 e. The number of aryl methyl sites for hydroxylation is 1. The summed E-state index contributed by atoms with van der Waals surface area (Å²) < 4.78 is 1.66. The number of rotatable bonds is 1. The monoisotopic (exact) mass is 141 g/mol. The van der Waals surface area contributed by atoms with Gasteiger partial charge in [-0.2, -0.15) is 0 Å². The van der Waals surface area contributed by atoms with E-state index in [2.05, 4.69) is 10.7 Å². The van der Waals surface area contributed by atoms with Gasteiger partial charge in [-0.15, -0.1) is 0 Å². The van der Waals surface area contributed by atoms with E-state index in [-0.39, 0.29) is 0 Å². The minimum absolute atomic E-state index is 0.463. The highest BCUT2D eigenvalue weighted by Crippen LogP contribution is 1.86. The number of nitrogens with two attached hydrogens (primary N) is 1. The summed E-state index contributed by atoms with van der Waals surface area (Å²) in [5, 5.41) is 0. The molecule has 0 amide bonds. The number of carbonyl (C=O) groups excluding carboxylic acids is 1. The zero-order valence-corrected chi connectivity index (χ0v) is 6.11. The van der Waals surface area contributed by atoms with E-state index in [9.17, 15) is 4.79 Å². The van der Waals surface area contributed by atoms with Crippen molar-refractivity contribution in [2.45, 2.75) is 0 Å². The first kappa shape index (κ1) is 8.84. The van der Waals surface area contributed by atoms with Crippen molar-refractivity contribution in [1.29, 1.82) is 0 Å². The Labute approximate surface area is 59.7 Å². The molecule has 4 nitrogen and oxygen atoms in total. The lowest BCUT2D eigenvalue weighted by Crippen LogP contribution is -1.92. The van der Waals surface area contributed by atoms with Gasteiger partial charge in [-0.05, 0) is 7.05 Å². The van der Waals surface area contributed by atoms with E-state index in [1.54, 1.807) is 24.0 Å². The van der Waals surface area contributed by atoms with Gasteiger partial charge in [0.25, 0.3) is 0 Å². The van der Waals surface area contributed by atoms with Gasteiger partial charge in [-0.1, -0.05) is 0 Å². The molecule has 10 heavy (non-hydrogen) atoms. The van der Waals surface area contributed by atoms with Crippen molar-refractivity contribution < 1.29 is 4.79 Å². The van der Waals surface area contributed by atoms with Crippen LogP contribution in [0.3, 0.4) is 0 Å². The molecule has 0 atom stereocenters. The molecular formula is C6H11N3O. The Morgan fingerprint density at radius 1 is 1.70 bits per heavy atom. The lowest BCUT2D eigenvalue weighted by atomic mass is 10.7. The van der Waals surface area contributed by atoms with Gasteiger partial charge in [-0.3, -0.25) is 4.79 Å². The van der Waals surface area contributed by atoms with Gasteiger partial charge in [0.2, 0.25) is 0 Å². The minimum Gasteiger partial charge on any atom is -0.333 e. The van der Waals surface area contributed by atoms with Crippen molar-refractivity contribution in [2.75, 3.05) is 7.05 Å². The number of aromatic nitrogens is 2. The third kappa shape index (κ3) is 1.99. The summed E-state index contributed by atoms with van der Waals surface area (Å²) in [6.45, 7) is 0. The van der Waals surface area contributed by atoms with Crippen molar-refractivity contribution in [3.05, 3.63) is 18.2 Å². The summed E-state index contributed by atoms with van der Waals surface area (Å²) in [4.78, 5) is 13.7. The second-order valence-electron chi connectivity index (χ2n) is 1.51. The lowest BCUT2D eigenvalue weighted by molar-refractivity contribution is 0.111. The molecule has 0 saturated carbocycles. The Morgan fingerprint density at radius 2 is 2.30 bits per heavy atom. The molecule has 56 valence electrons. The maximum absolute atomic E-state index is 10.0. The molecule has 1 aromatic rings. The molecule has 0 bridgehead atoms. The second-order valence-corrected chi connectivity index (χ2v) is 1.51.